The summed E-state index contributed by atoms with van der Waals surface area (Å²) in [6, 6.07) is 1.80. The molecule has 2 rings (SSSR count). The Balaban J connectivity index is 1.79. The molecule has 0 saturated carbocycles. The number of hydrogen-bond donors (Lipinski definition) is 3. The van der Waals surface area contributed by atoms with Gasteiger partial charge in [0.1, 0.15) is 5.69 Å². The summed E-state index contributed by atoms with van der Waals surface area (Å²) in [5.41, 5.74) is 2.31. The van der Waals surface area contributed by atoms with Crippen molar-refractivity contribution in [2.24, 2.45) is 0 Å². The summed E-state index contributed by atoms with van der Waals surface area (Å²) < 4.78 is 5.12. The van der Waals surface area contributed by atoms with E-state index in [1.54, 1.807) is 23.6 Å². The van der Waals surface area contributed by atoms with Crippen LogP contribution in [0.2, 0.25) is 0 Å². The zero-order valence-electron chi connectivity index (χ0n) is 11.9. The summed E-state index contributed by atoms with van der Waals surface area (Å²) in [5.74, 6) is -0.143. The molecule has 0 aliphatic rings. The molecule has 0 aliphatic heterocycles. The number of amides is 1. The summed E-state index contributed by atoms with van der Waals surface area (Å²) in [6.07, 6.45) is 2.50. The lowest BCUT2D eigenvalue weighted by atomic mass is 10.2. The molecule has 2 aromatic rings. The third-order valence-corrected chi connectivity index (χ3v) is 3.60. The highest BCUT2D eigenvalue weighted by Crippen LogP contribution is 2.22. The van der Waals surface area contributed by atoms with Crippen LogP contribution in [0.15, 0.2) is 17.6 Å². The second-order valence-electron chi connectivity index (χ2n) is 4.50. The molecule has 0 bridgehead atoms. The first kappa shape index (κ1) is 15.7. The van der Waals surface area contributed by atoms with E-state index in [9.17, 15) is 4.79 Å². The van der Waals surface area contributed by atoms with E-state index in [4.69, 9.17) is 9.84 Å². The van der Waals surface area contributed by atoms with Gasteiger partial charge in [0.25, 0.3) is 5.91 Å². The van der Waals surface area contributed by atoms with Crippen LogP contribution in [-0.2, 0) is 4.74 Å². The molecule has 0 unspecified atom stereocenters. The highest BCUT2D eigenvalue weighted by atomic mass is 32.1. The molecule has 0 saturated heterocycles. The molecule has 2 heterocycles. The van der Waals surface area contributed by atoms with Crippen molar-refractivity contribution in [3.05, 3.63) is 28.3 Å². The Labute approximate surface area is 127 Å². The van der Waals surface area contributed by atoms with E-state index in [2.05, 4.69) is 15.3 Å². The number of aryl methyl sites for hydroxylation is 1. The smallest absolute Gasteiger partial charge is 0.267 e. The number of aromatic amines is 1. The lowest BCUT2D eigenvalue weighted by molar-refractivity contribution is 0.0866. The van der Waals surface area contributed by atoms with Gasteiger partial charge in [-0.25, -0.2) is 4.98 Å². The van der Waals surface area contributed by atoms with Gasteiger partial charge < -0.3 is 20.1 Å². The molecule has 2 aromatic heterocycles. The van der Waals surface area contributed by atoms with E-state index < -0.39 is 0 Å². The van der Waals surface area contributed by atoms with E-state index in [1.165, 1.54) is 0 Å². The molecule has 7 heteroatoms. The molecule has 0 aromatic carbocycles. The average Bonchev–Trinajstić information content (AvgIpc) is 3.11. The van der Waals surface area contributed by atoms with E-state index in [0.717, 1.165) is 16.3 Å². The van der Waals surface area contributed by atoms with Crippen molar-refractivity contribution in [1.29, 1.82) is 0 Å². The van der Waals surface area contributed by atoms with E-state index in [-0.39, 0.29) is 12.5 Å². The molecule has 1 amide bonds. The van der Waals surface area contributed by atoms with Gasteiger partial charge in [0, 0.05) is 30.3 Å². The van der Waals surface area contributed by atoms with Gasteiger partial charge in [-0.15, -0.1) is 11.3 Å². The number of aliphatic hydroxyl groups is 1. The van der Waals surface area contributed by atoms with Gasteiger partial charge in [0.05, 0.1) is 23.9 Å². The van der Waals surface area contributed by atoms with Crippen LogP contribution >= 0.6 is 11.3 Å². The minimum atomic E-state index is -0.143. The Morgan fingerprint density at radius 1 is 1.52 bits per heavy atom. The minimum absolute atomic E-state index is 0.0215. The van der Waals surface area contributed by atoms with Crippen molar-refractivity contribution in [2.45, 2.75) is 13.3 Å². The predicted octanol–water partition coefficient (Wildman–Crippen LogP) is 1.58. The lowest BCUT2D eigenvalue weighted by Gasteiger charge is -2.04. The maximum absolute atomic E-state index is 11.9. The lowest BCUT2D eigenvalue weighted by Crippen LogP contribution is -2.25. The molecule has 3 N–H and O–H groups in total. The van der Waals surface area contributed by atoms with E-state index in [1.807, 2.05) is 12.3 Å². The van der Waals surface area contributed by atoms with Crippen LogP contribution in [0.5, 0.6) is 0 Å². The van der Waals surface area contributed by atoms with Crippen LogP contribution in [0.25, 0.3) is 11.3 Å². The number of H-pyrrole nitrogens is 1. The summed E-state index contributed by atoms with van der Waals surface area (Å²) in [6.45, 7) is 3.37. The number of thiazole rings is 1. The fourth-order valence-corrected chi connectivity index (χ4v) is 2.43. The maximum atomic E-state index is 11.9. The standard InChI is InChI=1S/C14H19N3O3S/c1-10-17-13(9-21-10)11-7-12(16-8-11)14(19)15-3-2-5-20-6-4-18/h7-9,16,18H,2-6H2,1H3,(H,15,19). The van der Waals surface area contributed by atoms with Crippen LogP contribution in [0.1, 0.15) is 21.9 Å². The van der Waals surface area contributed by atoms with E-state index >= 15 is 0 Å². The van der Waals surface area contributed by atoms with Gasteiger partial charge in [-0.2, -0.15) is 0 Å². The van der Waals surface area contributed by atoms with Gasteiger partial charge in [-0.1, -0.05) is 0 Å². The fraction of sp³-hybridized carbons (Fsp3) is 0.429. The third kappa shape index (κ3) is 4.66. The number of rotatable bonds is 8. The van der Waals surface area contributed by atoms with Crippen molar-refractivity contribution in [2.75, 3.05) is 26.4 Å². The van der Waals surface area contributed by atoms with Gasteiger partial charge in [-0.05, 0) is 19.4 Å². The number of carbonyl (C=O) groups is 1. The summed E-state index contributed by atoms with van der Waals surface area (Å²) in [7, 11) is 0. The zero-order valence-corrected chi connectivity index (χ0v) is 12.7. The summed E-state index contributed by atoms with van der Waals surface area (Å²) in [4.78, 5) is 19.3. The molecular weight excluding hydrogens is 290 g/mol. The van der Waals surface area contributed by atoms with Gasteiger partial charge >= 0.3 is 0 Å². The Bertz CT molecular complexity index is 580. The number of hydrogen-bond acceptors (Lipinski definition) is 5. The number of nitrogens with one attached hydrogen (secondary N) is 2. The van der Waals surface area contributed by atoms with Gasteiger partial charge in [-0.3, -0.25) is 4.79 Å². The molecule has 0 radical (unpaired) electrons. The van der Waals surface area contributed by atoms with Gasteiger partial charge in [0.15, 0.2) is 0 Å². The monoisotopic (exact) mass is 309 g/mol. The molecule has 6 nitrogen and oxygen atoms in total. The van der Waals surface area contributed by atoms with Crippen molar-refractivity contribution < 1.29 is 14.6 Å². The van der Waals surface area contributed by atoms with Crippen molar-refractivity contribution in [1.82, 2.24) is 15.3 Å². The quantitative estimate of drug-likeness (QED) is 0.646. The Hall–Kier alpha value is -1.70. The van der Waals surface area contributed by atoms with Crippen molar-refractivity contribution in [3.63, 3.8) is 0 Å². The van der Waals surface area contributed by atoms with E-state index in [0.29, 0.717) is 31.9 Å². The SMILES string of the molecule is Cc1nc(-c2c[nH]c(C(=O)NCCCOCCO)c2)cs1. The summed E-state index contributed by atoms with van der Waals surface area (Å²) in [5, 5.41) is 14.3. The number of aliphatic hydroxyl groups excluding tert-OH is 1. The molecule has 0 fully saturated rings. The summed E-state index contributed by atoms with van der Waals surface area (Å²) >= 11 is 1.58. The Kier molecular flexibility index (Phi) is 5.91. The van der Waals surface area contributed by atoms with Crippen LogP contribution < -0.4 is 5.32 Å². The first-order valence-corrected chi connectivity index (χ1v) is 7.66. The van der Waals surface area contributed by atoms with Crippen LogP contribution in [-0.4, -0.2) is 47.3 Å². The predicted molar refractivity (Wildman–Crippen MR) is 81.5 cm³/mol. The molecule has 0 spiro atoms. The largest absolute Gasteiger partial charge is 0.394 e. The molecule has 0 aliphatic carbocycles. The first-order chi connectivity index (χ1) is 10.2. The number of carbonyl (C=O) groups excluding carboxylic acids is 1. The zero-order chi connectivity index (χ0) is 15.1. The Morgan fingerprint density at radius 2 is 2.38 bits per heavy atom. The van der Waals surface area contributed by atoms with Crippen molar-refractivity contribution in [3.8, 4) is 11.3 Å². The highest BCUT2D eigenvalue weighted by Gasteiger charge is 2.10. The molecule has 0 atom stereocenters. The second-order valence-corrected chi connectivity index (χ2v) is 5.56. The molecular formula is C14H19N3O3S. The van der Waals surface area contributed by atoms with Crippen LogP contribution in [0, 0.1) is 6.92 Å². The first-order valence-electron chi connectivity index (χ1n) is 6.78. The van der Waals surface area contributed by atoms with Crippen LogP contribution in [0.4, 0.5) is 0 Å². The topological polar surface area (TPSA) is 87.2 Å². The maximum Gasteiger partial charge on any atom is 0.267 e. The number of nitrogens with zero attached hydrogens (tertiary/aromatic N) is 1. The minimum Gasteiger partial charge on any atom is -0.394 e. The normalized spacial score (nSPS) is 10.8. The molecule has 21 heavy (non-hydrogen) atoms. The second kappa shape index (κ2) is 7.92. The molecule has 114 valence electrons. The Morgan fingerprint density at radius 3 is 3.10 bits per heavy atom. The van der Waals surface area contributed by atoms with Crippen molar-refractivity contribution >= 4 is 17.2 Å². The average molecular weight is 309 g/mol. The van der Waals surface area contributed by atoms with Crippen LogP contribution in [0.3, 0.4) is 0 Å². The number of aromatic nitrogens is 2. The highest BCUT2D eigenvalue weighted by molar-refractivity contribution is 7.09. The third-order valence-electron chi connectivity index (χ3n) is 2.83. The van der Waals surface area contributed by atoms with Gasteiger partial charge in [0.2, 0.25) is 0 Å². The number of ether oxygens (including phenoxy) is 1. The fourth-order valence-electron chi connectivity index (χ4n) is 1.81.